The second-order valence-corrected chi connectivity index (χ2v) is 8.08. The van der Waals surface area contributed by atoms with Crippen LogP contribution < -0.4 is 4.74 Å². The predicted octanol–water partition coefficient (Wildman–Crippen LogP) is 3.49. The van der Waals surface area contributed by atoms with Crippen LogP contribution in [-0.4, -0.2) is 59.0 Å². The first-order valence-electron chi connectivity index (χ1n) is 10.7. The van der Waals surface area contributed by atoms with Gasteiger partial charge in [0, 0.05) is 62.2 Å². The van der Waals surface area contributed by atoms with E-state index in [0.717, 1.165) is 44.1 Å². The average Bonchev–Trinajstić information content (AvgIpc) is 2.80. The molecule has 0 N–H and O–H groups in total. The first kappa shape index (κ1) is 19.8. The highest BCUT2D eigenvalue weighted by molar-refractivity contribution is 5.94. The Morgan fingerprint density at radius 3 is 2.48 bits per heavy atom. The number of piperazine rings is 1. The third-order valence-corrected chi connectivity index (χ3v) is 6.08. The molecule has 2 fully saturated rings. The zero-order valence-electron chi connectivity index (χ0n) is 17.2. The number of aromatic nitrogens is 2. The quantitative estimate of drug-likeness (QED) is 0.777. The number of benzene rings is 1. The minimum Gasteiger partial charge on any atom is -0.497 e. The topological polar surface area (TPSA) is 58.6 Å². The van der Waals surface area contributed by atoms with E-state index in [4.69, 9.17) is 4.74 Å². The van der Waals surface area contributed by atoms with Gasteiger partial charge in [-0.3, -0.25) is 9.69 Å². The summed E-state index contributed by atoms with van der Waals surface area (Å²) in [5.41, 5.74) is 1.83. The molecule has 1 aromatic carbocycles. The number of carbonyl (C=O) groups excluding carboxylic acids is 1. The van der Waals surface area contributed by atoms with Crippen LogP contribution in [0.4, 0.5) is 0 Å². The van der Waals surface area contributed by atoms with Gasteiger partial charge in [0.15, 0.2) is 0 Å². The standard InChI is InChI=1S/C23H30N4O2/c1-29-21-9-5-8-20(14-21)23(28)27-12-10-26(11-13-27)17-18-15-24-22(25-16-18)19-6-3-2-4-7-19/h5,8-9,14-16,19H,2-4,6-7,10-13,17H2,1H3. The molecular weight excluding hydrogens is 364 g/mol. The number of nitrogens with zero attached hydrogens (tertiary/aromatic N) is 4. The lowest BCUT2D eigenvalue weighted by Crippen LogP contribution is -2.48. The maximum Gasteiger partial charge on any atom is 0.254 e. The van der Waals surface area contributed by atoms with E-state index in [9.17, 15) is 4.79 Å². The summed E-state index contributed by atoms with van der Waals surface area (Å²) in [6, 6.07) is 7.37. The van der Waals surface area contributed by atoms with Crippen molar-refractivity contribution in [3.8, 4) is 5.75 Å². The molecule has 0 radical (unpaired) electrons. The van der Waals surface area contributed by atoms with Crippen molar-refractivity contribution in [1.29, 1.82) is 0 Å². The van der Waals surface area contributed by atoms with Gasteiger partial charge in [-0.2, -0.15) is 0 Å². The van der Waals surface area contributed by atoms with Crippen molar-refractivity contribution in [3.63, 3.8) is 0 Å². The van der Waals surface area contributed by atoms with Crippen LogP contribution in [-0.2, 0) is 6.54 Å². The number of carbonyl (C=O) groups is 1. The molecule has 0 atom stereocenters. The van der Waals surface area contributed by atoms with Gasteiger partial charge >= 0.3 is 0 Å². The van der Waals surface area contributed by atoms with Crippen molar-refractivity contribution in [3.05, 3.63) is 53.6 Å². The lowest BCUT2D eigenvalue weighted by molar-refractivity contribution is 0.0628. The number of rotatable bonds is 5. The van der Waals surface area contributed by atoms with Crippen LogP contribution in [0, 0.1) is 0 Å². The maximum atomic E-state index is 12.8. The van der Waals surface area contributed by atoms with Gasteiger partial charge in [0.2, 0.25) is 0 Å². The fourth-order valence-electron chi connectivity index (χ4n) is 4.32. The number of ether oxygens (including phenoxy) is 1. The minimum absolute atomic E-state index is 0.0729. The smallest absolute Gasteiger partial charge is 0.254 e. The summed E-state index contributed by atoms with van der Waals surface area (Å²) in [5.74, 6) is 2.35. The van der Waals surface area contributed by atoms with Crippen LogP contribution in [0.1, 0.15) is 59.8 Å². The minimum atomic E-state index is 0.0729. The molecule has 1 saturated heterocycles. The van der Waals surface area contributed by atoms with E-state index >= 15 is 0 Å². The molecule has 1 aliphatic carbocycles. The number of amides is 1. The largest absolute Gasteiger partial charge is 0.497 e. The van der Waals surface area contributed by atoms with E-state index in [1.807, 2.05) is 35.5 Å². The molecule has 0 unspecified atom stereocenters. The van der Waals surface area contributed by atoms with Gasteiger partial charge in [-0.1, -0.05) is 25.3 Å². The highest BCUT2D eigenvalue weighted by Gasteiger charge is 2.23. The maximum absolute atomic E-state index is 12.8. The Morgan fingerprint density at radius 2 is 1.79 bits per heavy atom. The Hall–Kier alpha value is -2.47. The summed E-state index contributed by atoms with van der Waals surface area (Å²) in [4.78, 5) is 26.4. The van der Waals surface area contributed by atoms with Gasteiger partial charge in [0.05, 0.1) is 7.11 Å². The molecule has 1 aromatic heterocycles. The van der Waals surface area contributed by atoms with Crippen molar-refractivity contribution < 1.29 is 9.53 Å². The fourth-order valence-corrected chi connectivity index (χ4v) is 4.32. The Morgan fingerprint density at radius 1 is 1.07 bits per heavy atom. The fraction of sp³-hybridized carbons (Fsp3) is 0.522. The third kappa shape index (κ3) is 4.93. The summed E-state index contributed by atoms with van der Waals surface area (Å²) in [6.07, 6.45) is 10.4. The van der Waals surface area contributed by atoms with Gasteiger partial charge in [-0.05, 0) is 31.0 Å². The molecule has 2 heterocycles. The molecule has 0 bridgehead atoms. The molecule has 1 amide bonds. The van der Waals surface area contributed by atoms with Crippen molar-refractivity contribution in [2.45, 2.75) is 44.6 Å². The van der Waals surface area contributed by atoms with Crippen LogP contribution in [0.5, 0.6) is 5.75 Å². The zero-order valence-corrected chi connectivity index (χ0v) is 17.2. The van der Waals surface area contributed by atoms with Gasteiger partial charge in [-0.15, -0.1) is 0 Å². The van der Waals surface area contributed by atoms with E-state index in [2.05, 4.69) is 14.9 Å². The van der Waals surface area contributed by atoms with E-state index < -0.39 is 0 Å². The summed E-state index contributed by atoms with van der Waals surface area (Å²) < 4.78 is 5.23. The molecule has 29 heavy (non-hydrogen) atoms. The average molecular weight is 395 g/mol. The van der Waals surface area contributed by atoms with Gasteiger partial charge in [-0.25, -0.2) is 9.97 Å². The van der Waals surface area contributed by atoms with Crippen LogP contribution >= 0.6 is 0 Å². The number of hydrogen-bond acceptors (Lipinski definition) is 5. The van der Waals surface area contributed by atoms with E-state index in [1.54, 1.807) is 13.2 Å². The molecule has 4 rings (SSSR count). The van der Waals surface area contributed by atoms with Crippen LogP contribution in [0.25, 0.3) is 0 Å². The second-order valence-electron chi connectivity index (χ2n) is 8.08. The van der Waals surface area contributed by atoms with E-state index in [0.29, 0.717) is 17.2 Å². The van der Waals surface area contributed by atoms with Gasteiger partial charge < -0.3 is 9.64 Å². The molecule has 1 aliphatic heterocycles. The summed E-state index contributed by atoms with van der Waals surface area (Å²) >= 11 is 0. The molecule has 2 aliphatic rings. The molecule has 0 spiro atoms. The summed E-state index contributed by atoms with van der Waals surface area (Å²) in [5, 5.41) is 0. The molecular formula is C23H30N4O2. The van der Waals surface area contributed by atoms with E-state index in [-0.39, 0.29) is 5.91 Å². The van der Waals surface area contributed by atoms with Crippen LogP contribution in [0.2, 0.25) is 0 Å². The van der Waals surface area contributed by atoms with Crippen LogP contribution in [0.3, 0.4) is 0 Å². The normalized spacial score (nSPS) is 18.6. The summed E-state index contributed by atoms with van der Waals surface area (Å²) in [7, 11) is 1.62. The Kier molecular flexibility index (Phi) is 6.39. The predicted molar refractivity (Wildman–Crippen MR) is 112 cm³/mol. The van der Waals surface area contributed by atoms with Crippen molar-refractivity contribution in [2.75, 3.05) is 33.3 Å². The number of hydrogen-bond donors (Lipinski definition) is 0. The van der Waals surface area contributed by atoms with Crippen LogP contribution in [0.15, 0.2) is 36.7 Å². The highest BCUT2D eigenvalue weighted by Crippen LogP contribution is 2.30. The molecule has 6 nitrogen and oxygen atoms in total. The Labute approximate surface area is 172 Å². The molecule has 154 valence electrons. The molecule has 6 heteroatoms. The van der Waals surface area contributed by atoms with Gasteiger partial charge in [0.1, 0.15) is 11.6 Å². The zero-order chi connectivity index (χ0) is 20.1. The monoisotopic (exact) mass is 394 g/mol. The van der Waals surface area contributed by atoms with Gasteiger partial charge in [0.25, 0.3) is 5.91 Å². The SMILES string of the molecule is COc1cccc(C(=O)N2CCN(Cc3cnc(C4CCCCC4)nc3)CC2)c1. The molecule has 1 saturated carbocycles. The first-order valence-corrected chi connectivity index (χ1v) is 10.7. The number of methoxy groups -OCH3 is 1. The Balaban J connectivity index is 1.29. The Bertz CT molecular complexity index is 810. The third-order valence-electron chi connectivity index (χ3n) is 6.08. The highest BCUT2D eigenvalue weighted by atomic mass is 16.5. The summed E-state index contributed by atoms with van der Waals surface area (Å²) in [6.45, 7) is 4.03. The van der Waals surface area contributed by atoms with Crippen molar-refractivity contribution in [1.82, 2.24) is 19.8 Å². The second kappa shape index (κ2) is 9.35. The lowest BCUT2D eigenvalue weighted by atomic mass is 9.89. The lowest BCUT2D eigenvalue weighted by Gasteiger charge is -2.34. The van der Waals surface area contributed by atoms with Crippen molar-refractivity contribution in [2.24, 2.45) is 0 Å². The van der Waals surface area contributed by atoms with Crippen molar-refractivity contribution >= 4 is 5.91 Å². The first-order chi connectivity index (χ1) is 14.2. The van der Waals surface area contributed by atoms with E-state index in [1.165, 1.54) is 32.1 Å². The molecule has 2 aromatic rings.